The highest BCUT2D eigenvalue weighted by atomic mass is 16.1. The summed E-state index contributed by atoms with van der Waals surface area (Å²) in [5, 5.41) is 6.36. The fourth-order valence-corrected chi connectivity index (χ4v) is 1.98. The maximum absolute atomic E-state index is 11.5. The predicted octanol–water partition coefficient (Wildman–Crippen LogP) is 2.31. The first-order valence-electron chi connectivity index (χ1n) is 6.36. The van der Waals surface area contributed by atoms with Crippen molar-refractivity contribution in [1.29, 1.82) is 0 Å². The molecule has 0 fully saturated rings. The average molecular weight is 228 g/mol. The SMILES string of the molecule is CC(C)C[C@@H](C)N[C@@H](C)CC(=O)NC(C)C. The molecule has 0 heterocycles. The van der Waals surface area contributed by atoms with Crippen molar-refractivity contribution in [1.82, 2.24) is 10.6 Å². The van der Waals surface area contributed by atoms with E-state index in [0.29, 0.717) is 18.4 Å². The Morgan fingerprint density at radius 3 is 2.00 bits per heavy atom. The van der Waals surface area contributed by atoms with Crippen molar-refractivity contribution < 1.29 is 4.79 Å². The van der Waals surface area contributed by atoms with Gasteiger partial charge in [-0.1, -0.05) is 13.8 Å². The van der Waals surface area contributed by atoms with Crippen LogP contribution in [0, 0.1) is 5.92 Å². The van der Waals surface area contributed by atoms with Gasteiger partial charge in [0.2, 0.25) is 5.91 Å². The molecule has 1 amide bonds. The van der Waals surface area contributed by atoms with Crippen molar-refractivity contribution in [2.75, 3.05) is 0 Å². The molecular weight excluding hydrogens is 200 g/mol. The average Bonchev–Trinajstić information content (AvgIpc) is 1.97. The molecule has 0 aliphatic heterocycles. The molecule has 2 atom stereocenters. The van der Waals surface area contributed by atoms with Crippen LogP contribution in [0.25, 0.3) is 0 Å². The molecule has 2 N–H and O–H groups in total. The van der Waals surface area contributed by atoms with E-state index in [-0.39, 0.29) is 18.0 Å². The zero-order chi connectivity index (χ0) is 12.7. The van der Waals surface area contributed by atoms with E-state index in [9.17, 15) is 4.79 Å². The second kappa shape index (κ2) is 7.66. The summed E-state index contributed by atoms with van der Waals surface area (Å²) in [7, 11) is 0. The van der Waals surface area contributed by atoms with Gasteiger partial charge in [-0.05, 0) is 40.0 Å². The van der Waals surface area contributed by atoms with E-state index < -0.39 is 0 Å². The Balaban J connectivity index is 3.80. The van der Waals surface area contributed by atoms with Crippen LogP contribution >= 0.6 is 0 Å². The number of carbonyl (C=O) groups is 1. The molecule has 0 spiro atoms. The molecule has 3 nitrogen and oxygen atoms in total. The third-order valence-corrected chi connectivity index (χ3v) is 2.34. The summed E-state index contributed by atoms with van der Waals surface area (Å²) < 4.78 is 0. The molecule has 0 aromatic heterocycles. The monoisotopic (exact) mass is 228 g/mol. The van der Waals surface area contributed by atoms with E-state index in [4.69, 9.17) is 0 Å². The van der Waals surface area contributed by atoms with Crippen LogP contribution < -0.4 is 10.6 Å². The van der Waals surface area contributed by atoms with Crippen LogP contribution in [0.2, 0.25) is 0 Å². The van der Waals surface area contributed by atoms with Gasteiger partial charge in [-0.3, -0.25) is 4.79 Å². The quantitative estimate of drug-likeness (QED) is 0.702. The first-order valence-corrected chi connectivity index (χ1v) is 6.36. The molecule has 0 saturated carbocycles. The van der Waals surface area contributed by atoms with Gasteiger partial charge in [-0.2, -0.15) is 0 Å². The number of hydrogen-bond acceptors (Lipinski definition) is 2. The molecule has 0 aromatic carbocycles. The number of amides is 1. The van der Waals surface area contributed by atoms with E-state index in [0.717, 1.165) is 6.42 Å². The summed E-state index contributed by atoms with van der Waals surface area (Å²) in [5.41, 5.74) is 0. The predicted molar refractivity (Wildman–Crippen MR) is 69.4 cm³/mol. The molecule has 0 aliphatic carbocycles. The van der Waals surface area contributed by atoms with Crippen molar-refractivity contribution in [3.63, 3.8) is 0 Å². The molecule has 0 saturated heterocycles. The Morgan fingerprint density at radius 1 is 1.00 bits per heavy atom. The number of nitrogens with one attached hydrogen (secondary N) is 2. The van der Waals surface area contributed by atoms with Gasteiger partial charge < -0.3 is 10.6 Å². The highest BCUT2D eigenvalue weighted by Gasteiger charge is 2.12. The topological polar surface area (TPSA) is 41.1 Å². The standard InChI is InChI=1S/C13H28N2O/c1-9(2)7-11(5)15-12(6)8-13(16)14-10(3)4/h9-12,15H,7-8H2,1-6H3,(H,14,16)/t11-,12+/m1/s1. The number of carbonyl (C=O) groups excluding carboxylic acids is 1. The lowest BCUT2D eigenvalue weighted by molar-refractivity contribution is -0.122. The van der Waals surface area contributed by atoms with Crippen LogP contribution in [0.5, 0.6) is 0 Å². The van der Waals surface area contributed by atoms with Crippen LogP contribution in [-0.2, 0) is 4.79 Å². The summed E-state index contributed by atoms with van der Waals surface area (Å²) in [4.78, 5) is 11.5. The van der Waals surface area contributed by atoms with Crippen LogP contribution in [0.15, 0.2) is 0 Å². The van der Waals surface area contributed by atoms with E-state index in [2.05, 4.69) is 38.3 Å². The van der Waals surface area contributed by atoms with Gasteiger partial charge in [0, 0.05) is 24.5 Å². The number of rotatable bonds is 7. The van der Waals surface area contributed by atoms with E-state index in [1.54, 1.807) is 0 Å². The van der Waals surface area contributed by atoms with E-state index in [1.165, 1.54) is 0 Å². The molecule has 16 heavy (non-hydrogen) atoms. The second-order valence-electron chi connectivity index (χ2n) is 5.52. The molecule has 0 aliphatic rings. The van der Waals surface area contributed by atoms with E-state index in [1.807, 2.05) is 13.8 Å². The van der Waals surface area contributed by atoms with Gasteiger partial charge in [0.1, 0.15) is 0 Å². The van der Waals surface area contributed by atoms with Crippen LogP contribution in [-0.4, -0.2) is 24.0 Å². The molecule has 0 aromatic rings. The first kappa shape index (κ1) is 15.4. The summed E-state index contributed by atoms with van der Waals surface area (Å²) in [5.74, 6) is 0.825. The third-order valence-electron chi connectivity index (χ3n) is 2.34. The Hall–Kier alpha value is -0.570. The van der Waals surface area contributed by atoms with Gasteiger partial charge in [-0.25, -0.2) is 0 Å². The fourth-order valence-electron chi connectivity index (χ4n) is 1.98. The molecule has 96 valence electrons. The van der Waals surface area contributed by atoms with Crippen molar-refractivity contribution in [3.05, 3.63) is 0 Å². The minimum atomic E-state index is 0.131. The second-order valence-corrected chi connectivity index (χ2v) is 5.52. The lowest BCUT2D eigenvalue weighted by atomic mass is 10.0. The Kier molecular flexibility index (Phi) is 7.39. The lowest BCUT2D eigenvalue weighted by Gasteiger charge is -2.21. The largest absolute Gasteiger partial charge is 0.354 e. The van der Waals surface area contributed by atoms with Gasteiger partial charge in [0.05, 0.1) is 0 Å². The third kappa shape index (κ3) is 8.72. The van der Waals surface area contributed by atoms with Crippen molar-refractivity contribution in [3.8, 4) is 0 Å². The van der Waals surface area contributed by atoms with Crippen LogP contribution in [0.3, 0.4) is 0 Å². The minimum absolute atomic E-state index is 0.131. The summed E-state index contributed by atoms with van der Waals surface area (Å²) in [6, 6.07) is 0.946. The molecular formula is C13H28N2O. The maximum atomic E-state index is 11.5. The highest BCUT2D eigenvalue weighted by molar-refractivity contribution is 5.76. The Morgan fingerprint density at radius 2 is 1.56 bits per heavy atom. The van der Waals surface area contributed by atoms with E-state index >= 15 is 0 Å². The smallest absolute Gasteiger partial charge is 0.221 e. The Labute approximate surface area is 100 Å². The summed E-state index contributed by atoms with van der Waals surface area (Å²) >= 11 is 0. The summed E-state index contributed by atoms with van der Waals surface area (Å²) in [6.07, 6.45) is 1.71. The molecule has 0 bridgehead atoms. The number of hydrogen-bond donors (Lipinski definition) is 2. The van der Waals surface area contributed by atoms with Gasteiger partial charge in [-0.15, -0.1) is 0 Å². The first-order chi connectivity index (χ1) is 7.31. The molecule has 0 radical (unpaired) electrons. The lowest BCUT2D eigenvalue weighted by Crippen LogP contribution is -2.40. The van der Waals surface area contributed by atoms with Gasteiger partial charge >= 0.3 is 0 Å². The van der Waals surface area contributed by atoms with Crippen LogP contribution in [0.1, 0.15) is 54.4 Å². The molecule has 0 rings (SSSR count). The zero-order valence-corrected chi connectivity index (χ0v) is 11.6. The van der Waals surface area contributed by atoms with Gasteiger partial charge in [0.15, 0.2) is 0 Å². The maximum Gasteiger partial charge on any atom is 0.221 e. The molecule has 0 unspecified atom stereocenters. The Bertz CT molecular complexity index is 202. The van der Waals surface area contributed by atoms with Crippen molar-refractivity contribution in [2.45, 2.75) is 72.5 Å². The normalized spacial score (nSPS) is 15.2. The molecule has 3 heteroatoms. The zero-order valence-electron chi connectivity index (χ0n) is 11.6. The summed E-state index contributed by atoms with van der Waals surface area (Å²) in [6.45, 7) is 12.6. The minimum Gasteiger partial charge on any atom is -0.354 e. The van der Waals surface area contributed by atoms with Gasteiger partial charge in [0.25, 0.3) is 0 Å². The van der Waals surface area contributed by atoms with Crippen molar-refractivity contribution >= 4 is 5.91 Å². The highest BCUT2D eigenvalue weighted by Crippen LogP contribution is 2.05. The van der Waals surface area contributed by atoms with Crippen molar-refractivity contribution in [2.24, 2.45) is 5.92 Å². The van der Waals surface area contributed by atoms with Crippen LogP contribution in [0.4, 0.5) is 0 Å². The fraction of sp³-hybridized carbons (Fsp3) is 0.923.